The van der Waals surface area contributed by atoms with Crippen LogP contribution in [-0.4, -0.2) is 153 Å². The van der Waals surface area contributed by atoms with Gasteiger partial charge in [0.05, 0.1) is 11.8 Å². The first-order valence-corrected chi connectivity index (χ1v) is 19.8. The monoisotopic (exact) mass is 703 g/mol. The number of nitrogens with zero attached hydrogens (tertiary/aromatic N) is 5. The lowest BCUT2D eigenvalue weighted by Crippen LogP contribution is -2.55. The van der Waals surface area contributed by atoms with E-state index in [4.69, 9.17) is 15.0 Å². The lowest BCUT2D eigenvalue weighted by Gasteiger charge is -2.22. The number of aromatic nitrogens is 4. The van der Waals surface area contributed by atoms with Crippen LogP contribution in [0.25, 0.3) is 61.7 Å². The van der Waals surface area contributed by atoms with Gasteiger partial charge in [-0.2, -0.15) is 5.26 Å². The van der Waals surface area contributed by atoms with Gasteiger partial charge in [0.25, 0.3) is 0 Å². The van der Waals surface area contributed by atoms with E-state index in [0.717, 1.165) is 55.4 Å². The van der Waals surface area contributed by atoms with E-state index >= 15 is 0 Å². The molecule has 2 heterocycles. The van der Waals surface area contributed by atoms with Gasteiger partial charge in [-0.1, -0.05) is 61.3 Å². The van der Waals surface area contributed by atoms with Crippen LogP contribution in [-0.2, 0) is 0 Å². The van der Waals surface area contributed by atoms with Crippen LogP contribution in [0, 0.1) is 11.3 Å². The van der Waals surface area contributed by atoms with Crippen molar-refractivity contribution in [3.8, 4) is 45.9 Å². The van der Waals surface area contributed by atoms with Crippen LogP contribution < -0.4 is 92.9 Å². The van der Waals surface area contributed by atoms with Crippen molar-refractivity contribution in [2.75, 3.05) is 0 Å². The molecular formula is C34H38B17N5. The predicted molar refractivity (Wildman–Crippen MR) is 294 cm³/mol. The van der Waals surface area contributed by atoms with E-state index in [9.17, 15) is 5.26 Å². The minimum Gasteiger partial charge on any atom is -0.310 e. The maximum absolute atomic E-state index is 10.5. The maximum Gasteiger partial charge on any atom is 0.166 e. The van der Waals surface area contributed by atoms with Gasteiger partial charge in [0, 0.05) is 33.3 Å². The highest BCUT2D eigenvalue weighted by Gasteiger charge is 2.27. The van der Waals surface area contributed by atoms with Gasteiger partial charge in [-0.25, -0.2) is 15.0 Å². The Morgan fingerprint density at radius 3 is 1.21 bits per heavy atom. The molecule has 0 amide bonds. The Hall–Kier alpha value is -4.50. The molecule has 0 spiro atoms. The summed E-state index contributed by atoms with van der Waals surface area (Å²) in [4.78, 5) is 16.3. The Bertz CT molecular complexity index is 2830. The molecule has 2 aromatic heterocycles. The van der Waals surface area contributed by atoms with Crippen molar-refractivity contribution in [1.29, 1.82) is 5.26 Å². The van der Waals surface area contributed by atoms with E-state index in [1.165, 1.54) is 87.3 Å². The molecule has 0 saturated carbocycles. The summed E-state index contributed by atoms with van der Waals surface area (Å²) in [7, 11) is 37.4. The molecule has 56 heavy (non-hydrogen) atoms. The molecule has 0 saturated heterocycles. The van der Waals surface area contributed by atoms with Gasteiger partial charge in [-0.3, -0.25) is 0 Å². The van der Waals surface area contributed by atoms with Crippen LogP contribution in [0.2, 0.25) is 0 Å². The van der Waals surface area contributed by atoms with E-state index in [1.807, 2.05) is 0 Å². The van der Waals surface area contributed by atoms with Crippen LogP contribution >= 0.6 is 0 Å². The molecular weight excluding hydrogens is 662 g/mol. The molecule has 250 valence electrons. The summed E-state index contributed by atoms with van der Waals surface area (Å²) in [5.74, 6) is 2.00. The minimum absolute atomic E-state index is 0.625. The smallest absolute Gasteiger partial charge is 0.166 e. The molecule has 22 heteroatoms. The van der Waals surface area contributed by atoms with E-state index in [0.29, 0.717) is 17.5 Å². The highest BCUT2D eigenvalue weighted by atomic mass is 15.1. The highest BCUT2D eigenvalue weighted by molar-refractivity contribution is 6.71. The predicted octanol–water partition coefficient (Wildman–Crippen LogP) is -21.8. The summed E-state index contributed by atoms with van der Waals surface area (Å²) >= 11 is 0. The van der Waals surface area contributed by atoms with E-state index < -0.39 is 0 Å². The molecule has 5 aromatic carbocycles. The van der Waals surface area contributed by atoms with Crippen LogP contribution in [0.4, 0.5) is 0 Å². The third-order valence-corrected chi connectivity index (χ3v) is 14.2. The summed E-state index contributed by atoms with van der Waals surface area (Å²) in [5.41, 5.74) is 27.7. The number of fused-ring (bicyclic) bond motifs is 3. The number of hydrogen-bond donors (Lipinski definition) is 0. The molecule has 0 aliphatic carbocycles. The number of nitriles is 1. The Kier molecular flexibility index (Phi) is 10.0. The Morgan fingerprint density at radius 2 is 0.750 bits per heavy atom. The van der Waals surface area contributed by atoms with Gasteiger partial charge < -0.3 is 4.57 Å². The molecule has 0 bridgehead atoms. The topological polar surface area (TPSA) is 67.4 Å². The normalized spacial score (nSPS) is 11.3. The largest absolute Gasteiger partial charge is 0.310 e. The van der Waals surface area contributed by atoms with Crippen molar-refractivity contribution in [1.82, 2.24) is 19.5 Å². The number of benzene rings is 5. The van der Waals surface area contributed by atoms with Gasteiger partial charge in [-0.05, 0) is 28.4 Å². The Morgan fingerprint density at radius 1 is 0.393 bits per heavy atom. The Balaban J connectivity index is 1.70. The quantitative estimate of drug-likeness (QED) is 0.171. The van der Waals surface area contributed by atoms with Crippen LogP contribution in [0.5, 0.6) is 0 Å². The summed E-state index contributed by atoms with van der Waals surface area (Å²) in [6.45, 7) is 0. The van der Waals surface area contributed by atoms with E-state index in [2.05, 4.69) is 168 Å². The summed E-state index contributed by atoms with van der Waals surface area (Å²) < 4.78 is 2.41. The second-order valence-corrected chi connectivity index (χ2v) is 16.5. The van der Waals surface area contributed by atoms with Gasteiger partial charge in [0.15, 0.2) is 17.5 Å². The second-order valence-electron chi connectivity index (χ2n) is 16.5. The molecule has 0 aliphatic rings. The molecule has 0 atom stereocenters. The number of para-hydroxylation sites is 1. The third-order valence-electron chi connectivity index (χ3n) is 14.2. The first-order chi connectivity index (χ1) is 26.4. The zero-order valence-electron chi connectivity index (χ0n) is 36.5. The van der Waals surface area contributed by atoms with Gasteiger partial charge in [0.1, 0.15) is 133 Å². The fourth-order valence-corrected chi connectivity index (χ4v) is 9.37. The van der Waals surface area contributed by atoms with Crippen molar-refractivity contribution in [3.05, 3.63) is 29.8 Å². The van der Waals surface area contributed by atoms with Crippen molar-refractivity contribution in [2.24, 2.45) is 0 Å². The fraction of sp³-hybridized carbons (Fsp3) is 0. The minimum atomic E-state index is 0.625. The standard InChI is InChI=1S/C34H38B17N5/c35-13-7(5-52)14(36)30-9(15(13)37)10-16(38)21(43)28(50)29(51)31(10)56(30)8-4-2-1-3-6(8)32-53-33(11-17(39)22(44)26(48)23(45)18(11)40)55-34(54-32)12-19(41)24(46)27(49)25(47)20(12)42/h1-4H,35-51H2. The van der Waals surface area contributed by atoms with E-state index in [1.54, 1.807) is 0 Å². The summed E-state index contributed by atoms with van der Waals surface area (Å²) in [5, 5.41) is 13.0. The zero-order chi connectivity index (χ0) is 41.0. The Labute approximate surface area is 346 Å². The van der Waals surface area contributed by atoms with Crippen molar-refractivity contribution in [2.45, 2.75) is 0 Å². The number of rotatable bonds is 4. The first-order valence-electron chi connectivity index (χ1n) is 19.8. The molecule has 0 radical (unpaired) electrons. The molecule has 0 fully saturated rings. The van der Waals surface area contributed by atoms with E-state index in [-0.39, 0.29) is 0 Å². The average molecular weight is 701 g/mol. The van der Waals surface area contributed by atoms with Gasteiger partial charge in [-0.15, -0.1) is 38.2 Å². The average Bonchev–Trinajstić information content (AvgIpc) is 3.55. The molecule has 7 aromatic rings. The maximum atomic E-state index is 10.5. The van der Waals surface area contributed by atoms with Crippen molar-refractivity contribution in [3.63, 3.8) is 0 Å². The first kappa shape index (κ1) is 39.7. The molecule has 7 rings (SSSR count). The molecule has 0 N–H and O–H groups in total. The lowest BCUT2D eigenvalue weighted by atomic mass is 9.60. The second kappa shape index (κ2) is 14.2. The fourth-order valence-electron chi connectivity index (χ4n) is 9.37. The molecule has 0 unspecified atom stereocenters. The lowest BCUT2D eigenvalue weighted by molar-refractivity contribution is 1.07. The van der Waals surface area contributed by atoms with Crippen LogP contribution in [0.3, 0.4) is 0 Å². The van der Waals surface area contributed by atoms with Crippen molar-refractivity contribution >= 4 is 248 Å². The zero-order valence-corrected chi connectivity index (χ0v) is 36.5. The summed E-state index contributed by atoms with van der Waals surface area (Å²) in [6, 6.07) is 11.1. The van der Waals surface area contributed by atoms with Crippen LogP contribution in [0.1, 0.15) is 5.56 Å². The highest BCUT2D eigenvalue weighted by Crippen LogP contribution is 2.33. The third kappa shape index (κ3) is 5.58. The van der Waals surface area contributed by atoms with Crippen molar-refractivity contribution < 1.29 is 0 Å². The van der Waals surface area contributed by atoms with Gasteiger partial charge >= 0.3 is 0 Å². The summed E-state index contributed by atoms with van der Waals surface area (Å²) in [6.07, 6.45) is 0. The molecule has 0 aliphatic heterocycles. The van der Waals surface area contributed by atoms with Gasteiger partial charge in [0.2, 0.25) is 0 Å². The SMILES string of the molecule is Bc1c(B)c(B)c(-c2nc(-c3ccccc3-n3c4c(B)c(B)c(B)c(B)c4c4c(B)c(B)c(C#N)c(B)c43)nc(-c3c(B)c(B)c(B)c(B)c3B)n2)c(B)c1B. The number of hydrogen-bond acceptors (Lipinski definition) is 4. The van der Waals surface area contributed by atoms with Crippen LogP contribution in [0.15, 0.2) is 24.3 Å². The molecule has 5 nitrogen and oxygen atoms in total.